The molecule has 1 saturated heterocycles. The summed E-state index contributed by atoms with van der Waals surface area (Å²) in [7, 11) is 0. The van der Waals surface area contributed by atoms with E-state index in [-0.39, 0.29) is 35.5 Å². The van der Waals surface area contributed by atoms with Crippen LogP contribution >= 0.6 is 0 Å². The number of ether oxygens (including phenoxy) is 4. The van der Waals surface area contributed by atoms with Crippen LogP contribution in [0.2, 0.25) is 0 Å². The smallest absolute Gasteiger partial charge is 0.425 e. The van der Waals surface area contributed by atoms with Crippen molar-refractivity contribution in [3.8, 4) is 0 Å². The van der Waals surface area contributed by atoms with E-state index in [1.54, 1.807) is 47.9 Å². The maximum Gasteiger partial charge on any atom is 0.425 e. The van der Waals surface area contributed by atoms with Crippen LogP contribution in [0.1, 0.15) is 86.1 Å². The third-order valence-electron chi connectivity index (χ3n) is 7.32. The highest BCUT2D eigenvalue weighted by Crippen LogP contribution is 2.51. The molecular formula is C28H39N5O6. The molecule has 11 heteroatoms. The largest absolute Gasteiger partial charge is 0.443 e. The second-order valence-corrected chi connectivity index (χ2v) is 12.7. The second-order valence-electron chi connectivity index (χ2n) is 12.7. The van der Waals surface area contributed by atoms with E-state index in [9.17, 15) is 9.59 Å². The van der Waals surface area contributed by atoms with Gasteiger partial charge < -0.3 is 23.5 Å². The van der Waals surface area contributed by atoms with Crippen LogP contribution in [0.3, 0.4) is 0 Å². The Kier molecular flexibility index (Phi) is 6.95. The first-order valence-corrected chi connectivity index (χ1v) is 13.7. The molecule has 0 bridgehead atoms. The Hall–Kier alpha value is -3.05. The molecule has 3 aliphatic rings. The Balaban J connectivity index is 1.52. The Morgan fingerprint density at radius 2 is 1.62 bits per heavy atom. The normalized spacial score (nSPS) is 26.4. The van der Waals surface area contributed by atoms with E-state index in [0.29, 0.717) is 5.65 Å². The molecule has 2 saturated carbocycles. The summed E-state index contributed by atoms with van der Waals surface area (Å²) in [5, 5.41) is 0. The molecule has 1 spiro atoms. The number of imidazole rings is 1. The molecule has 2 aromatic heterocycles. The topological polar surface area (TPSA) is 118 Å². The first kappa shape index (κ1) is 27.5. The Labute approximate surface area is 228 Å². The van der Waals surface area contributed by atoms with Crippen LogP contribution in [0.5, 0.6) is 0 Å². The Morgan fingerprint density at radius 3 is 2.21 bits per heavy atom. The van der Waals surface area contributed by atoms with E-state index in [0.717, 1.165) is 37.0 Å². The number of rotatable bonds is 3. The number of aromatic nitrogens is 4. The fourth-order valence-corrected chi connectivity index (χ4v) is 5.77. The number of carbonyl (C=O) groups excluding carboxylic acids is 2. The van der Waals surface area contributed by atoms with Gasteiger partial charge >= 0.3 is 12.2 Å². The molecule has 4 atom stereocenters. The van der Waals surface area contributed by atoms with E-state index >= 15 is 0 Å². The quantitative estimate of drug-likeness (QED) is 0.451. The van der Waals surface area contributed by atoms with Gasteiger partial charge in [-0.2, -0.15) is 4.90 Å². The highest BCUT2D eigenvalue weighted by Gasteiger charge is 2.57. The number of anilines is 1. The first-order valence-electron chi connectivity index (χ1n) is 13.7. The molecule has 2 amide bonds. The average molecular weight is 542 g/mol. The average Bonchev–Trinajstić information content (AvgIpc) is 3.49. The van der Waals surface area contributed by atoms with Gasteiger partial charge in [-0.25, -0.2) is 24.5 Å². The minimum Gasteiger partial charge on any atom is -0.443 e. The van der Waals surface area contributed by atoms with Crippen molar-refractivity contribution in [1.82, 2.24) is 19.5 Å². The monoisotopic (exact) mass is 541 g/mol. The zero-order chi connectivity index (χ0) is 28.2. The molecule has 212 valence electrons. The summed E-state index contributed by atoms with van der Waals surface area (Å²) in [5.74, 6) is -0.446. The van der Waals surface area contributed by atoms with Crippen molar-refractivity contribution in [2.75, 3.05) is 4.90 Å². The molecule has 2 aromatic rings. The van der Waals surface area contributed by atoms with Crippen molar-refractivity contribution in [3.63, 3.8) is 0 Å². The number of amides is 2. The molecule has 3 fully saturated rings. The van der Waals surface area contributed by atoms with Crippen LogP contribution in [0.25, 0.3) is 11.2 Å². The van der Waals surface area contributed by atoms with Gasteiger partial charge in [0, 0.05) is 18.8 Å². The van der Waals surface area contributed by atoms with Crippen molar-refractivity contribution in [1.29, 1.82) is 0 Å². The van der Waals surface area contributed by atoms with Gasteiger partial charge in [0.2, 0.25) is 0 Å². The lowest BCUT2D eigenvalue weighted by atomic mass is 9.94. The van der Waals surface area contributed by atoms with Crippen LogP contribution in [0, 0.1) is 5.92 Å². The van der Waals surface area contributed by atoms with Crippen molar-refractivity contribution in [3.05, 3.63) is 25.3 Å². The molecule has 11 nitrogen and oxygen atoms in total. The standard InChI is InChI=1S/C28H39N5O6/c1-8-17-14-18(21-20(17)36-28(37-21)12-10-9-11-13-28)32-16-31-19-22(32)29-15-30-23(19)33(24(34)38-26(2,3)4)25(35)39-27(5,6)7/h8,15-18,20-21H,1,9-14H2,2-7H3/t17-,18+,20+,21-/m0/s1. The predicted octanol–water partition coefficient (Wildman–Crippen LogP) is 5.69. The highest BCUT2D eigenvalue weighted by atomic mass is 16.8. The molecule has 0 radical (unpaired) electrons. The minimum atomic E-state index is -0.911. The number of hydrogen-bond acceptors (Lipinski definition) is 9. The molecule has 3 heterocycles. The fourth-order valence-electron chi connectivity index (χ4n) is 5.77. The van der Waals surface area contributed by atoms with Gasteiger partial charge in [-0.05, 0) is 60.8 Å². The van der Waals surface area contributed by atoms with Gasteiger partial charge in [-0.15, -0.1) is 6.58 Å². The molecular weight excluding hydrogens is 502 g/mol. The van der Waals surface area contributed by atoms with Crippen molar-refractivity contribution >= 4 is 29.2 Å². The van der Waals surface area contributed by atoms with Crippen LogP contribution in [-0.2, 0) is 18.9 Å². The molecule has 5 rings (SSSR count). The van der Waals surface area contributed by atoms with Gasteiger partial charge in [-0.3, -0.25) is 0 Å². The van der Waals surface area contributed by atoms with Crippen LogP contribution in [0.15, 0.2) is 25.3 Å². The van der Waals surface area contributed by atoms with E-state index in [1.807, 2.05) is 10.6 Å². The fraction of sp³-hybridized carbons (Fsp3) is 0.679. The van der Waals surface area contributed by atoms with Gasteiger partial charge in [0.15, 0.2) is 22.8 Å². The van der Waals surface area contributed by atoms with Crippen molar-refractivity contribution in [2.24, 2.45) is 5.92 Å². The number of imide groups is 1. The summed E-state index contributed by atoms with van der Waals surface area (Å²) in [4.78, 5) is 40.7. The maximum atomic E-state index is 13.3. The lowest BCUT2D eigenvalue weighted by Gasteiger charge is -2.34. The summed E-state index contributed by atoms with van der Waals surface area (Å²) in [5.41, 5.74) is -0.954. The third-order valence-corrected chi connectivity index (χ3v) is 7.32. The molecule has 39 heavy (non-hydrogen) atoms. The maximum absolute atomic E-state index is 13.3. The number of hydrogen-bond donors (Lipinski definition) is 0. The molecule has 0 N–H and O–H groups in total. The lowest BCUT2D eigenvalue weighted by molar-refractivity contribution is -0.203. The molecule has 0 aromatic carbocycles. The van der Waals surface area contributed by atoms with Crippen LogP contribution in [-0.4, -0.2) is 60.9 Å². The first-order chi connectivity index (χ1) is 18.3. The van der Waals surface area contributed by atoms with Crippen molar-refractivity contribution < 1.29 is 28.5 Å². The number of carbonyl (C=O) groups is 2. The lowest BCUT2D eigenvalue weighted by Crippen LogP contribution is -2.44. The zero-order valence-electron chi connectivity index (χ0n) is 23.7. The molecule has 0 unspecified atom stereocenters. The molecule has 1 aliphatic heterocycles. The van der Waals surface area contributed by atoms with E-state index in [4.69, 9.17) is 18.9 Å². The van der Waals surface area contributed by atoms with Gasteiger partial charge in [0.25, 0.3) is 0 Å². The van der Waals surface area contributed by atoms with Gasteiger partial charge in [0.05, 0.1) is 18.5 Å². The summed E-state index contributed by atoms with van der Waals surface area (Å²) in [6.45, 7) is 14.4. The van der Waals surface area contributed by atoms with Crippen LogP contribution in [0.4, 0.5) is 15.4 Å². The predicted molar refractivity (Wildman–Crippen MR) is 143 cm³/mol. The van der Waals surface area contributed by atoms with E-state index in [2.05, 4.69) is 21.5 Å². The Bertz CT molecular complexity index is 1230. The summed E-state index contributed by atoms with van der Waals surface area (Å²) >= 11 is 0. The highest BCUT2D eigenvalue weighted by molar-refractivity contribution is 6.12. The van der Waals surface area contributed by atoms with Crippen LogP contribution < -0.4 is 4.90 Å². The van der Waals surface area contributed by atoms with E-state index < -0.39 is 29.2 Å². The van der Waals surface area contributed by atoms with Gasteiger partial charge in [0.1, 0.15) is 23.6 Å². The second kappa shape index (κ2) is 9.85. The van der Waals surface area contributed by atoms with Crippen molar-refractivity contribution in [2.45, 2.75) is 115 Å². The SMILES string of the molecule is C=C[C@H]1C[C@@H](n2cnc3c(N(C(=O)OC(C)(C)C)C(=O)OC(C)(C)C)ncnc32)[C@@H]2OC3(CCCCC3)O[C@@H]21. The van der Waals surface area contributed by atoms with Gasteiger partial charge in [-0.1, -0.05) is 12.5 Å². The summed E-state index contributed by atoms with van der Waals surface area (Å²) in [6, 6.07) is -0.122. The number of fused-ring (bicyclic) bond motifs is 2. The number of nitrogens with zero attached hydrogens (tertiary/aromatic N) is 5. The Morgan fingerprint density at radius 1 is 1.00 bits per heavy atom. The summed E-state index contributed by atoms with van der Waals surface area (Å²) < 4.78 is 26.3. The summed E-state index contributed by atoms with van der Waals surface area (Å²) in [6.07, 6.45) is 8.64. The third kappa shape index (κ3) is 5.38. The minimum absolute atomic E-state index is 0.00981. The molecule has 2 aliphatic carbocycles. The zero-order valence-corrected chi connectivity index (χ0v) is 23.7. The van der Waals surface area contributed by atoms with E-state index in [1.165, 1.54) is 12.7 Å².